The maximum Gasteiger partial charge on any atom is 0.235 e. The molecule has 3 aromatic rings. The fourth-order valence-corrected chi connectivity index (χ4v) is 5.00. The number of rotatable bonds is 7. The van der Waals surface area contributed by atoms with Gasteiger partial charge in [0, 0.05) is 36.9 Å². The fraction of sp³-hybridized carbons (Fsp3) is 0.375. The molecule has 9 heteroatoms. The topological polar surface area (TPSA) is 63.5 Å². The van der Waals surface area contributed by atoms with E-state index in [2.05, 4.69) is 22.0 Å². The molecule has 4 rings (SSSR count). The molecule has 0 spiro atoms. The van der Waals surface area contributed by atoms with Crippen molar-refractivity contribution < 1.29 is 9.53 Å². The zero-order chi connectivity index (χ0) is 23.4. The lowest BCUT2D eigenvalue weighted by atomic mass is 10.2. The van der Waals surface area contributed by atoms with E-state index in [0.29, 0.717) is 21.8 Å². The van der Waals surface area contributed by atoms with Crippen molar-refractivity contribution >= 4 is 29.3 Å². The maximum absolute atomic E-state index is 13.2. The zero-order valence-electron chi connectivity index (χ0n) is 19.1. The number of ether oxygens (including phenoxy) is 1. The van der Waals surface area contributed by atoms with Crippen molar-refractivity contribution in [2.24, 2.45) is 0 Å². The minimum atomic E-state index is -0.293. The Kier molecular flexibility index (Phi) is 7.57. The Balaban J connectivity index is 1.65. The lowest BCUT2D eigenvalue weighted by Gasteiger charge is -2.35. The number of nitrogens with zero attached hydrogens (tertiary/aromatic N) is 5. The van der Waals surface area contributed by atoms with Crippen LogP contribution >= 0.6 is 23.4 Å². The molecule has 0 unspecified atom stereocenters. The number of hydrogen-bond donors (Lipinski definition) is 0. The Bertz CT molecular complexity index is 1100. The van der Waals surface area contributed by atoms with Gasteiger partial charge in [0.15, 0.2) is 11.0 Å². The molecule has 0 radical (unpaired) electrons. The number of para-hydroxylation sites is 1. The molecular formula is C24H28ClN5O2S. The number of carbonyl (C=O) groups is 1. The van der Waals surface area contributed by atoms with E-state index in [0.717, 1.165) is 44.0 Å². The summed E-state index contributed by atoms with van der Waals surface area (Å²) in [5.41, 5.74) is 1.69. The first-order valence-electron chi connectivity index (χ1n) is 11.0. The molecule has 0 N–H and O–H groups in total. The SMILES string of the molecule is CCN1CCN(C(=O)[C@@H](C)Sc2nnc(-c3ccccc3OC)n2-c2ccc(Cl)cc2)CC1. The van der Waals surface area contributed by atoms with Gasteiger partial charge in [-0.05, 0) is 49.9 Å². The van der Waals surface area contributed by atoms with Gasteiger partial charge in [0.1, 0.15) is 5.75 Å². The first kappa shape index (κ1) is 23.6. The molecule has 1 aliphatic heterocycles. The van der Waals surface area contributed by atoms with Gasteiger partial charge in [-0.1, -0.05) is 42.4 Å². The summed E-state index contributed by atoms with van der Waals surface area (Å²) in [6.45, 7) is 8.45. The number of methoxy groups -OCH3 is 1. The highest BCUT2D eigenvalue weighted by Crippen LogP contribution is 2.35. The molecular weight excluding hydrogens is 458 g/mol. The van der Waals surface area contributed by atoms with Crippen LogP contribution < -0.4 is 4.74 Å². The predicted molar refractivity (Wildman–Crippen MR) is 132 cm³/mol. The molecule has 2 aromatic carbocycles. The van der Waals surface area contributed by atoms with Crippen molar-refractivity contribution in [3.8, 4) is 22.8 Å². The lowest BCUT2D eigenvalue weighted by molar-refractivity contribution is -0.132. The quantitative estimate of drug-likeness (QED) is 0.466. The van der Waals surface area contributed by atoms with Crippen LogP contribution in [0.2, 0.25) is 5.02 Å². The van der Waals surface area contributed by atoms with E-state index in [1.54, 1.807) is 7.11 Å². The van der Waals surface area contributed by atoms with Gasteiger partial charge in [-0.2, -0.15) is 0 Å². The van der Waals surface area contributed by atoms with Gasteiger partial charge < -0.3 is 14.5 Å². The average molecular weight is 486 g/mol. The normalized spacial score (nSPS) is 15.5. The Morgan fingerprint density at radius 1 is 1.09 bits per heavy atom. The van der Waals surface area contributed by atoms with Gasteiger partial charge in [-0.15, -0.1) is 10.2 Å². The summed E-state index contributed by atoms with van der Waals surface area (Å²) in [6.07, 6.45) is 0. The van der Waals surface area contributed by atoms with E-state index in [-0.39, 0.29) is 11.2 Å². The average Bonchev–Trinajstić information content (AvgIpc) is 3.27. The highest BCUT2D eigenvalue weighted by molar-refractivity contribution is 8.00. The number of amides is 1. The van der Waals surface area contributed by atoms with Gasteiger partial charge in [0.05, 0.1) is 17.9 Å². The van der Waals surface area contributed by atoms with Gasteiger partial charge in [0.2, 0.25) is 5.91 Å². The second-order valence-corrected chi connectivity index (χ2v) is 9.58. The third-order valence-corrected chi connectivity index (χ3v) is 7.11. The molecule has 1 aliphatic rings. The summed E-state index contributed by atoms with van der Waals surface area (Å²) in [6, 6.07) is 15.2. The Hall–Kier alpha value is -2.55. The van der Waals surface area contributed by atoms with E-state index in [9.17, 15) is 4.79 Å². The van der Waals surface area contributed by atoms with Crippen LogP contribution in [-0.2, 0) is 4.79 Å². The van der Waals surface area contributed by atoms with Gasteiger partial charge in [0.25, 0.3) is 0 Å². The van der Waals surface area contributed by atoms with Crippen LogP contribution in [0.4, 0.5) is 0 Å². The minimum Gasteiger partial charge on any atom is -0.496 e. The Morgan fingerprint density at radius 3 is 2.45 bits per heavy atom. The second-order valence-electron chi connectivity index (χ2n) is 7.84. The second kappa shape index (κ2) is 10.6. The van der Waals surface area contributed by atoms with Crippen LogP contribution in [0.1, 0.15) is 13.8 Å². The number of carbonyl (C=O) groups excluding carboxylic acids is 1. The molecule has 1 saturated heterocycles. The van der Waals surface area contributed by atoms with Crippen LogP contribution in [0.25, 0.3) is 17.1 Å². The summed E-state index contributed by atoms with van der Waals surface area (Å²) in [7, 11) is 1.64. The predicted octanol–water partition coefficient (Wildman–Crippen LogP) is 4.24. The number of thioether (sulfide) groups is 1. The van der Waals surface area contributed by atoms with Crippen molar-refractivity contribution in [3.05, 3.63) is 53.6 Å². The molecule has 2 heterocycles. The minimum absolute atomic E-state index is 0.125. The molecule has 0 bridgehead atoms. The smallest absolute Gasteiger partial charge is 0.235 e. The molecule has 0 aliphatic carbocycles. The van der Waals surface area contributed by atoms with Crippen LogP contribution in [0, 0.1) is 0 Å². The van der Waals surface area contributed by atoms with E-state index < -0.39 is 0 Å². The third-order valence-electron chi connectivity index (χ3n) is 5.83. The van der Waals surface area contributed by atoms with Gasteiger partial charge in [-0.3, -0.25) is 9.36 Å². The number of piperazine rings is 1. The molecule has 1 atom stereocenters. The number of benzene rings is 2. The molecule has 0 saturated carbocycles. The molecule has 1 aromatic heterocycles. The van der Waals surface area contributed by atoms with Crippen molar-refractivity contribution in [3.63, 3.8) is 0 Å². The van der Waals surface area contributed by atoms with Crippen LogP contribution in [0.3, 0.4) is 0 Å². The fourth-order valence-electron chi connectivity index (χ4n) is 3.92. The molecule has 33 heavy (non-hydrogen) atoms. The van der Waals surface area contributed by atoms with Crippen molar-refractivity contribution in [1.29, 1.82) is 0 Å². The highest BCUT2D eigenvalue weighted by atomic mass is 35.5. The van der Waals surface area contributed by atoms with Crippen LogP contribution in [0.15, 0.2) is 53.7 Å². The Morgan fingerprint density at radius 2 is 1.79 bits per heavy atom. The maximum atomic E-state index is 13.2. The molecule has 174 valence electrons. The van der Waals surface area contributed by atoms with Crippen LogP contribution in [0.5, 0.6) is 5.75 Å². The van der Waals surface area contributed by atoms with E-state index in [1.165, 1.54) is 11.8 Å². The standard InChI is InChI=1S/C24H28ClN5O2S/c1-4-28-13-15-29(16-14-28)23(31)17(2)33-24-27-26-22(20-7-5-6-8-21(20)32-3)30(24)19-11-9-18(25)10-12-19/h5-12,17H,4,13-16H2,1-3H3/t17-/m1/s1. The van der Waals surface area contributed by atoms with Crippen molar-refractivity contribution in [1.82, 2.24) is 24.6 Å². The first-order valence-corrected chi connectivity index (χ1v) is 12.3. The van der Waals surface area contributed by atoms with E-state index in [1.807, 2.05) is 64.9 Å². The van der Waals surface area contributed by atoms with Crippen LogP contribution in [-0.4, -0.2) is 75.6 Å². The monoisotopic (exact) mass is 485 g/mol. The number of hydrogen-bond acceptors (Lipinski definition) is 6. The summed E-state index contributed by atoms with van der Waals surface area (Å²) >= 11 is 7.55. The molecule has 7 nitrogen and oxygen atoms in total. The summed E-state index contributed by atoms with van der Waals surface area (Å²) in [4.78, 5) is 17.5. The van der Waals surface area contributed by atoms with E-state index in [4.69, 9.17) is 16.3 Å². The summed E-state index contributed by atoms with van der Waals surface area (Å²) in [5.74, 6) is 1.48. The highest BCUT2D eigenvalue weighted by Gasteiger charge is 2.28. The van der Waals surface area contributed by atoms with Gasteiger partial charge >= 0.3 is 0 Å². The van der Waals surface area contributed by atoms with Gasteiger partial charge in [-0.25, -0.2) is 0 Å². The summed E-state index contributed by atoms with van der Waals surface area (Å²) < 4.78 is 7.52. The number of halogens is 1. The van der Waals surface area contributed by atoms with Crippen molar-refractivity contribution in [2.75, 3.05) is 39.8 Å². The number of aromatic nitrogens is 3. The Labute approximate surface area is 203 Å². The zero-order valence-corrected chi connectivity index (χ0v) is 20.6. The lowest BCUT2D eigenvalue weighted by Crippen LogP contribution is -2.50. The van der Waals surface area contributed by atoms with E-state index >= 15 is 0 Å². The molecule has 1 fully saturated rings. The largest absolute Gasteiger partial charge is 0.496 e. The first-order chi connectivity index (χ1) is 16.0. The number of likely N-dealkylation sites (N-methyl/N-ethyl adjacent to an activating group) is 1. The van der Waals surface area contributed by atoms with Crippen molar-refractivity contribution in [2.45, 2.75) is 24.3 Å². The summed E-state index contributed by atoms with van der Waals surface area (Å²) in [5, 5.41) is 9.96. The molecule has 1 amide bonds. The third kappa shape index (κ3) is 5.18.